The highest BCUT2D eigenvalue weighted by Gasteiger charge is 2.45. The molecule has 0 N–H and O–H groups in total. The molecule has 1 aliphatic heterocycles. The molecule has 1 fully saturated rings. The minimum Gasteiger partial charge on any atom is -0.467 e. The third kappa shape index (κ3) is 9.45. The van der Waals surface area contributed by atoms with Crippen LogP contribution in [0.5, 0.6) is 0 Å². The lowest BCUT2D eigenvalue weighted by molar-refractivity contribution is -0.142. The van der Waals surface area contributed by atoms with E-state index in [4.69, 9.17) is 4.74 Å². The molecular formula is C19H36O3. The summed E-state index contributed by atoms with van der Waals surface area (Å²) in [6.07, 6.45) is 18.7. The third-order valence-electron chi connectivity index (χ3n) is 4.61. The summed E-state index contributed by atoms with van der Waals surface area (Å²) in [6, 6.07) is 0. The third-order valence-corrected chi connectivity index (χ3v) is 4.61. The van der Waals surface area contributed by atoms with E-state index in [1.807, 2.05) is 0 Å². The van der Waals surface area contributed by atoms with Gasteiger partial charge in [-0.05, 0) is 6.42 Å². The molecule has 0 aromatic rings. The second kappa shape index (κ2) is 12.9. The van der Waals surface area contributed by atoms with Crippen molar-refractivity contribution in [1.82, 2.24) is 0 Å². The first-order valence-corrected chi connectivity index (χ1v) is 9.53. The minimum absolute atomic E-state index is 0.139. The molecule has 0 spiro atoms. The van der Waals surface area contributed by atoms with E-state index in [1.54, 1.807) is 0 Å². The Kier molecular flexibility index (Phi) is 11.4. The Morgan fingerprint density at radius 1 is 0.818 bits per heavy atom. The van der Waals surface area contributed by atoms with E-state index >= 15 is 0 Å². The van der Waals surface area contributed by atoms with Gasteiger partial charge in [-0.3, -0.25) is 0 Å². The maximum Gasteiger partial charge on any atom is 0.337 e. The highest BCUT2D eigenvalue weighted by molar-refractivity contribution is 5.77. The van der Waals surface area contributed by atoms with Gasteiger partial charge in [0.1, 0.15) is 0 Å². The Bertz CT molecular complexity index is 278. The Hall–Kier alpha value is -0.570. The summed E-state index contributed by atoms with van der Waals surface area (Å²) in [6.45, 7) is 2.27. The molecule has 2 atom stereocenters. The fourth-order valence-electron chi connectivity index (χ4n) is 3.05. The van der Waals surface area contributed by atoms with Crippen LogP contribution < -0.4 is 0 Å². The van der Waals surface area contributed by atoms with E-state index in [1.165, 1.54) is 90.6 Å². The number of hydrogen-bond donors (Lipinski definition) is 0. The van der Waals surface area contributed by atoms with Crippen molar-refractivity contribution in [2.24, 2.45) is 0 Å². The van der Waals surface area contributed by atoms with Gasteiger partial charge in [-0.25, -0.2) is 4.79 Å². The summed E-state index contributed by atoms with van der Waals surface area (Å²) in [5.74, 6) is -0.209. The number of epoxide rings is 1. The van der Waals surface area contributed by atoms with Crippen molar-refractivity contribution in [2.75, 3.05) is 7.11 Å². The summed E-state index contributed by atoms with van der Waals surface area (Å²) in [5, 5.41) is 0. The predicted molar refractivity (Wildman–Crippen MR) is 91.0 cm³/mol. The van der Waals surface area contributed by atoms with Gasteiger partial charge in [-0.15, -0.1) is 0 Å². The normalized spacial score (nSPS) is 20.1. The zero-order valence-electron chi connectivity index (χ0n) is 14.8. The van der Waals surface area contributed by atoms with E-state index in [2.05, 4.69) is 11.7 Å². The van der Waals surface area contributed by atoms with Crippen LogP contribution >= 0.6 is 0 Å². The quantitative estimate of drug-likeness (QED) is 0.230. The summed E-state index contributed by atoms with van der Waals surface area (Å²) in [4.78, 5) is 11.2. The molecule has 0 aromatic carbocycles. The number of ether oxygens (including phenoxy) is 2. The molecule has 2 unspecified atom stereocenters. The van der Waals surface area contributed by atoms with E-state index in [-0.39, 0.29) is 18.2 Å². The van der Waals surface area contributed by atoms with Gasteiger partial charge in [-0.2, -0.15) is 0 Å². The molecule has 1 aliphatic rings. The SMILES string of the molecule is CCCCCCCCCCCCCCCC1OC1C(=O)OC. The number of hydrogen-bond acceptors (Lipinski definition) is 3. The van der Waals surface area contributed by atoms with E-state index in [0.717, 1.165) is 6.42 Å². The summed E-state index contributed by atoms with van der Waals surface area (Å²) in [7, 11) is 1.42. The van der Waals surface area contributed by atoms with Crippen molar-refractivity contribution in [1.29, 1.82) is 0 Å². The maximum absolute atomic E-state index is 11.2. The van der Waals surface area contributed by atoms with Crippen LogP contribution in [0.2, 0.25) is 0 Å². The fourth-order valence-corrected chi connectivity index (χ4v) is 3.05. The molecule has 0 amide bonds. The summed E-state index contributed by atoms with van der Waals surface area (Å²) in [5.41, 5.74) is 0. The van der Waals surface area contributed by atoms with Gasteiger partial charge in [0, 0.05) is 0 Å². The van der Waals surface area contributed by atoms with Crippen molar-refractivity contribution >= 4 is 5.97 Å². The van der Waals surface area contributed by atoms with Gasteiger partial charge >= 0.3 is 5.97 Å². The van der Waals surface area contributed by atoms with Crippen LogP contribution in [0, 0.1) is 0 Å². The number of esters is 1. The predicted octanol–water partition coefficient (Wildman–Crippen LogP) is 5.41. The van der Waals surface area contributed by atoms with Gasteiger partial charge in [0.25, 0.3) is 0 Å². The molecule has 0 aromatic heterocycles. The van der Waals surface area contributed by atoms with Crippen LogP contribution in [-0.4, -0.2) is 25.3 Å². The van der Waals surface area contributed by atoms with Gasteiger partial charge in [0.2, 0.25) is 0 Å². The van der Waals surface area contributed by atoms with Crippen LogP contribution in [0.3, 0.4) is 0 Å². The minimum atomic E-state index is -0.262. The average molecular weight is 312 g/mol. The second-order valence-corrected chi connectivity index (χ2v) is 6.65. The van der Waals surface area contributed by atoms with Crippen molar-refractivity contribution in [3.63, 3.8) is 0 Å². The molecule has 1 rings (SSSR count). The standard InChI is InChI=1S/C19H36O3/c1-3-4-5-6-7-8-9-10-11-12-13-14-15-16-17-18(22-17)19(20)21-2/h17-18H,3-16H2,1-2H3. The van der Waals surface area contributed by atoms with Crippen molar-refractivity contribution in [3.05, 3.63) is 0 Å². The molecule has 0 radical (unpaired) electrons. The number of methoxy groups -OCH3 is 1. The van der Waals surface area contributed by atoms with E-state index < -0.39 is 0 Å². The Morgan fingerprint density at radius 3 is 1.73 bits per heavy atom. The van der Waals surface area contributed by atoms with Crippen molar-refractivity contribution in [3.8, 4) is 0 Å². The zero-order chi connectivity index (χ0) is 16.0. The first-order valence-electron chi connectivity index (χ1n) is 9.53. The summed E-state index contributed by atoms with van der Waals surface area (Å²) >= 11 is 0. The largest absolute Gasteiger partial charge is 0.467 e. The molecule has 3 heteroatoms. The fraction of sp³-hybridized carbons (Fsp3) is 0.947. The van der Waals surface area contributed by atoms with Crippen molar-refractivity contribution in [2.45, 2.75) is 109 Å². The van der Waals surface area contributed by atoms with Gasteiger partial charge in [0.15, 0.2) is 6.10 Å². The summed E-state index contributed by atoms with van der Waals surface area (Å²) < 4.78 is 9.96. The highest BCUT2D eigenvalue weighted by atomic mass is 16.6. The van der Waals surface area contributed by atoms with Gasteiger partial charge in [-0.1, -0.05) is 90.4 Å². The maximum atomic E-state index is 11.2. The monoisotopic (exact) mass is 312 g/mol. The van der Waals surface area contributed by atoms with Crippen LogP contribution in [0.25, 0.3) is 0 Å². The zero-order valence-corrected chi connectivity index (χ0v) is 14.8. The van der Waals surface area contributed by atoms with Crippen LogP contribution in [-0.2, 0) is 14.3 Å². The molecule has 1 heterocycles. The first kappa shape index (κ1) is 19.5. The number of rotatable bonds is 15. The Labute approximate surface area is 137 Å². The molecule has 0 bridgehead atoms. The molecule has 1 saturated heterocycles. The van der Waals surface area contributed by atoms with E-state index in [0.29, 0.717) is 0 Å². The Balaban J connectivity index is 1.71. The average Bonchev–Trinajstić information content (AvgIpc) is 3.30. The highest BCUT2D eigenvalue weighted by Crippen LogP contribution is 2.28. The molecule has 0 aliphatic carbocycles. The second-order valence-electron chi connectivity index (χ2n) is 6.65. The van der Waals surface area contributed by atoms with Gasteiger partial charge < -0.3 is 9.47 Å². The first-order chi connectivity index (χ1) is 10.8. The van der Waals surface area contributed by atoms with Crippen LogP contribution in [0.1, 0.15) is 96.8 Å². The lowest BCUT2D eigenvalue weighted by Crippen LogP contribution is -2.11. The topological polar surface area (TPSA) is 38.8 Å². The molecular weight excluding hydrogens is 276 g/mol. The van der Waals surface area contributed by atoms with Crippen LogP contribution in [0.15, 0.2) is 0 Å². The van der Waals surface area contributed by atoms with Gasteiger partial charge in [0.05, 0.1) is 13.2 Å². The number of carbonyl (C=O) groups is 1. The number of carbonyl (C=O) groups excluding carboxylic acids is 1. The number of unbranched alkanes of at least 4 members (excludes halogenated alkanes) is 12. The Morgan fingerprint density at radius 2 is 1.27 bits per heavy atom. The molecule has 130 valence electrons. The smallest absolute Gasteiger partial charge is 0.337 e. The molecule has 3 nitrogen and oxygen atoms in total. The molecule has 0 saturated carbocycles. The van der Waals surface area contributed by atoms with Crippen LogP contribution in [0.4, 0.5) is 0 Å². The van der Waals surface area contributed by atoms with Crippen molar-refractivity contribution < 1.29 is 14.3 Å². The lowest BCUT2D eigenvalue weighted by atomic mass is 10.0. The lowest BCUT2D eigenvalue weighted by Gasteiger charge is -2.02. The van der Waals surface area contributed by atoms with E-state index in [9.17, 15) is 4.79 Å². The molecule has 22 heavy (non-hydrogen) atoms.